The topological polar surface area (TPSA) is 47.0 Å². The highest BCUT2D eigenvalue weighted by molar-refractivity contribution is 8.00. The van der Waals surface area contributed by atoms with Crippen LogP contribution in [0.3, 0.4) is 0 Å². The molecule has 6 heteroatoms. The molecule has 1 N–H and O–H groups in total. The molecule has 1 aromatic heterocycles. The van der Waals surface area contributed by atoms with Crippen LogP contribution in [0, 0.1) is 5.82 Å². The quantitative estimate of drug-likeness (QED) is 0.938. The van der Waals surface area contributed by atoms with Gasteiger partial charge in [-0.3, -0.25) is 0 Å². The minimum atomic E-state index is -0.406. The highest BCUT2D eigenvalue weighted by Crippen LogP contribution is 2.29. The number of aromatic nitrogens is 2. The molecular weight excluding hydrogens is 277 g/mol. The first-order chi connectivity index (χ1) is 9.78. The number of rotatable bonds is 4. The molecule has 0 bridgehead atoms. The fourth-order valence-corrected chi connectivity index (χ4v) is 3.57. The SMILES string of the molecule is COc1cc2c(NCC3CCCS3)ncnc2cc1F. The molecule has 1 aliphatic heterocycles. The van der Waals surface area contributed by atoms with Crippen LogP contribution in [-0.2, 0) is 0 Å². The van der Waals surface area contributed by atoms with Gasteiger partial charge in [0.2, 0.25) is 0 Å². The van der Waals surface area contributed by atoms with E-state index in [1.807, 2.05) is 11.8 Å². The number of methoxy groups -OCH3 is 1. The molecule has 1 atom stereocenters. The second-order valence-corrected chi connectivity index (χ2v) is 6.15. The van der Waals surface area contributed by atoms with Crippen LogP contribution in [0.15, 0.2) is 18.5 Å². The number of benzene rings is 1. The smallest absolute Gasteiger partial charge is 0.167 e. The first-order valence-corrected chi connectivity index (χ1v) is 7.66. The van der Waals surface area contributed by atoms with Crippen molar-refractivity contribution >= 4 is 28.5 Å². The summed E-state index contributed by atoms with van der Waals surface area (Å²) >= 11 is 1.99. The predicted molar refractivity (Wildman–Crippen MR) is 80.0 cm³/mol. The molecule has 1 aromatic carbocycles. The van der Waals surface area contributed by atoms with Gasteiger partial charge in [0.05, 0.1) is 12.6 Å². The van der Waals surface area contributed by atoms with Gasteiger partial charge in [-0.1, -0.05) is 0 Å². The summed E-state index contributed by atoms with van der Waals surface area (Å²) in [6, 6.07) is 3.03. The van der Waals surface area contributed by atoms with E-state index in [1.165, 1.54) is 38.1 Å². The van der Waals surface area contributed by atoms with Crippen molar-refractivity contribution in [3.8, 4) is 5.75 Å². The van der Waals surface area contributed by atoms with E-state index in [0.29, 0.717) is 10.8 Å². The van der Waals surface area contributed by atoms with Gasteiger partial charge in [-0.05, 0) is 24.7 Å². The molecule has 1 aliphatic rings. The normalized spacial score (nSPS) is 18.4. The van der Waals surface area contributed by atoms with Crippen LogP contribution in [0.4, 0.5) is 10.2 Å². The Hall–Kier alpha value is -1.56. The van der Waals surface area contributed by atoms with Crippen molar-refractivity contribution in [2.45, 2.75) is 18.1 Å². The number of ether oxygens (including phenoxy) is 1. The van der Waals surface area contributed by atoms with Crippen LogP contribution >= 0.6 is 11.8 Å². The van der Waals surface area contributed by atoms with Gasteiger partial charge in [0, 0.05) is 23.2 Å². The largest absolute Gasteiger partial charge is 0.494 e. The highest BCUT2D eigenvalue weighted by atomic mass is 32.2. The Morgan fingerprint density at radius 1 is 1.45 bits per heavy atom. The van der Waals surface area contributed by atoms with Gasteiger partial charge >= 0.3 is 0 Å². The summed E-state index contributed by atoms with van der Waals surface area (Å²) in [5.41, 5.74) is 0.583. The molecular formula is C14H16FN3OS. The van der Waals surface area contributed by atoms with E-state index >= 15 is 0 Å². The number of halogens is 1. The standard InChI is InChI=1S/C14H16FN3OS/c1-19-13-5-10-12(6-11(13)15)17-8-18-14(10)16-7-9-3-2-4-20-9/h5-6,8-9H,2-4,7H2,1H3,(H,16,17,18). The Labute approximate surface area is 121 Å². The van der Waals surface area contributed by atoms with Gasteiger partial charge in [0.25, 0.3) is 0 Å². The summed E-state index contributed by atoms with van der Waals surface area (Å²) in [7, 11) is 1.45. The van der Waals surface area contributed by atoms with Gasteiger partial charge < -0.3 is 10.1 Å². The molecule has 0 saturated carbocycles. The van der Waals surface area contributed by atoms with Gasteiger partial charge in [0.1, 0.15) is 12.1 Å². The summed E-state index contributed by atoms with van der Waals surface area (Å²) in [5, 5.41) is 4.76. The fraction of sp³-hybridized carbons (Fsp3) is 0.429. The van der Waals surface area contributed by atoms with E-state index in [-0.39, 0.29) is 5.75 Å². The van der Waals surface area contributed by atoms with E-state index in [4.69, 9.17) is 4.74 Å². The van der Waals surface area contributed by atoms with Gasteiger partial charge in [0.15, 0.2) is 11.6 Å². The molecule has 2 heterocycles. The van der Waals surface area contributed by atoms with Gasteiger partial charge in [-0.15, -0.1) is 0 Å². The monoisotopic (exact) mass is 293 g/mol. The first kappa shape index (κ1) is 13.4. The van der Waals surface area contributed by atoms with Crippen LogP contribution in [0.5, 0.6) is 5.75 Å². The maximum atomic E-state index is 13.7. The number of anilines is 1. The molecule has 20 heavy (non-hydrogen) atoms. The zero-order valence-electron chi connectivity index (χ0n) is 11.2. The third-order valence-electron chi connectivity index (χ3n) is 3.43. The van der Waals surface area contributed by atoms with Crippen molar-refractivity contribution in [2.24, 2.45) is 0 Å². The van der Waals surface area contributed by atoms with Gasteiger partial charge in [-0.25, -0.2) is 14.4 Å². The Morgan fingerprint density at radius 2 is 2.35 bits per heavy atom. The minimum Gasteiger partial charge on any atom is -0.494 e. The van der Waals surface area contributed by atoms with Crippen molar-refractivity contribution in [1.82, 2.24) is 9.97 Å². The summed E-state index contributed by atoms with van der Waals surface area (Å²) in [6.45, 7) is 0.871. The molecule has 3 rings (SSSR count). The molecule has 1 saturated heterocycles. The van der Waals surface area contributed by atoms with Crippen LogP contribution < -0.4 is 10.1 Å². The maximum absolute atomic E-state index is 13.7. The number of nitrogens with zero attached hydrogens (tertiary/aromatic N) is 2. The fourth-order valence-electron chi connectivity index (χ4n) is 2.37. The second kappa shape index (κ2) is 5.83. The molecule has 0 radical (unpaired) electrons. The molecule has 1 fully saturated rings. The Kier molecular flexibility index (Phi) is 3.91. The molecule has 4 nitrogen and oxygen atoms in total. The van der Waals surface area contributed by atoms with Gasteiger partial charge in [-0.2, -0.15) is 11.8 Å². The lowest BCUT2D eigenvalue weighted by molar-refractivity contribution is 0.387. The zero-order chi connectivity index (χ0) is 13.9. The van der Waals surface area contributed by atoms with E-state index < -0.39 is 5.82 Å². The Bertz CT molecular complexity index is 617. The third-order valence-corrected chi connectivity index (χ3v) is 4.83. The Morgan fingerprint density at radius 3 is 3.10 bits per heavy atom. The van der Waals surface area contributed by atoms with Crippen LogP contribution in [0.2, 0.25) is 0 Å². The van der Waals surface area contributed by atoms with E-state index in [9.17, 15) is 4.39 Å². The lowest BCUT2D eigenvalue weighted by atomic mass is 10.2. The molecule has 0 aliphatic carbocycles. The number of thioether (sulfide) groups is 1. The Balaban J connectivity index is 1.89. The number of nitrogens with one attached hydrogen (secondary N) is 1. The molecule has 106 valence electrons. The maximum Gasteiger partial charge on any atom is 0.167 e. The molecule has 1 unspecified atom stereocenters. The zero-order valence-corrected chi connectivity index (χ0v) is 12.0. The highest BCUT2D eigenvalue weighted by Gasteiger charge is 2.16. The third kappa shape index (κ3) is 2.65. The summed E-state index contributed by atoms with van der Waals surface area (Å²) in [4.78, 5) is 8.37. The summed E-state index contributed by atoms with van der Waals surface area (Å²) < 4.78 is 18.7. The van der Waals surface area contributed by atoms with E-state index in [2.05, 4.69) is 15.3 Å². The number of fused-ring (bicyclic) bond motifs is 1. The van der Waals surface area contributed by atoms with Crippen molar-refractivity contribution in [3.63, 3.8) is 0 Å². The van der Waals surface area contributed by atoms with Crippen LogP contribution in [-0.4, -0.2) is 34.6 Å². The van der Waals surface area contributed by atoms with Crippen LogP contribution in [0.1, 0.15) is 12.8 Å². The first-order valence-electron chi connectivity index (χ1n) is 6.61. The minimum absolute atomic E-state index is 0.214. The van der Waals surface area contributed by atoms with Crippen molar-refractivity contribution in [3.05, 3.63) is 24.3 Å². The number of hydrogen-bond donors (Lipinski definition) is 1. The number of hydrogen-bond acceptors (Lipinski definition) is 5. The van der Waals surface area contributed by atoms with Crippen molar-refractivity contribution in [1.29, 1.82) is 0 Å². The van der Waals surface area contributed by atoms with Crippen molar-refractivity contribution in [2.75, 3.05) is 24.7 Å². The average molecular weight is 293 g/mol. The molecule has 2 aromatic rings. The average Bonchev–Trinajstić information content (AvgIpc) is 2.97. The predicted octanol–water partition coefficient (Wildman–Crippen LogP) is 3.09. The van der Waals surface area contributed by atoms with E-state index in [1.54, 1.807) is 6.07 Å². The summed E-state index contributed by atoms with van der Waals surface area (Å²) in [5.74, 6) is 1.78. The lowest BCUT2D eigenvalue weighted by Crippen LogP contribution is -2.14. The molecule has 0 amide bonds. The second-order valence-electron chi connectivity index (χ2n) is 4.74. The van der Waals surface area contributed by atoms with E-state index in [0.717, 1.165) is 17.7 Å². The lowest BCUT2D eigenvalue weighted by Gasteiger charge is -2.13. The summed E-state index contributed by atoms with van der Waals surface area (Å²) in [6.07, 6.45) is 3.97. The van der Waals surface area contributed by atoms with Crippen LogP contribution in [0.25, 0.3) is 10.9 Å². The van der Waals surface area contributed by atoms with Crippen molar-refractivity contribution < 1.29 is 9.13 Å². The molecule has 0 spiro atoms.